The third kappa shape index (κ3) is 2.31. The summed E-state index contributed by atoms with van der Waals surface area (Å²) in [6.45, 7) is 0. The van der Waals surface area contributed by atoms with Crippen LogP contribution in [-0.2, 0) is 0 Å². The largest absolute Gasteiger partial charge is 0.503 e. The number of benzene rings is 2. The number of rotatable bonds is 2. The van der Waals surface area contributed by atoms with Crippen LogP contribution in [-0.4, -0.2) is 15.1 Å². The molecule has 0 unspecified atom stereocenters. The molecular weight excluding hydrogens is 310 g/mol. The van der Waals surface area contributed by atoms with Gasteiger partial charge in [-0.3, -0.25) is 0 Å². The van der Waals surface area contributed by atoms with Gasteiger partial charge in [0.05, 0.1) is 0 Å². The molecule has 0 radical (unpaired) electrons. The average Bonchev–Trinajstić information content (AvgIpc) is 3.03. The fourth-order valence-electron chi connectivity index (χ4n) is 2.75. The van der Waals surface area contributed by atoms with Gasteiger partial charge in [-0.05, 0) is 29.3 Å². The summed E-state index contributed by atoms with van der Waals surface area (Å²) in [5.41, 5.74) is 3.48. The van der Waals surface area contributed by atoms with Gasteiger partial charge in [-0.2, -0.15) is 0 Å². The van der Waals surface area contributed by atoms with Crippen LogP contribution in [0.25, 0.3) is 33.3 Å². The molecule has 4 aromatic rings. The zero-order valence-corrected chi connectivity index (χ0v) is 12.4. The first-order valence-corrected chi connectivity index (χ1v) is 7.34. The van der Waals surface area contributed by atoms with Crippen molar-refractivity contribution in [2.45, 2.75) is 0 Å². The van der Waals surface area contributed by atoms with E-state index < -0.39 is 17.4 Å². The number of hydrogen-bond donors (Lipinski definition) is 2. The fourth-order valence-corrected chi connectivity index (χ4v) is 2.75. The summed E-state index contributed by atoms with van der Waals surface area (Å²) >= 11 is 0. The van der Waals surface area contributed by atoms with Gasteiger partial charge in [0.2, 0.25) is 0 Å². The van der Waals surface area contributed by atoms with Gasteiger partial charge in [-0.15, -0.1) is 0 Å². The Kier molecular flexibility index (Phi) is 3.27. The quantitative estimate of drug-likeness (QED) is 0.552. The van der Waals surface area contributed by atoms with Crippen LogP contribution in [0.3, 0.4) is 0 Å². The van der Waals surface area contributed by atoms with Crippen molar-refractivity contribution in [2.75, 3.05) is 0 Å². The summed E-state index contributed by atoms with van der Waals surface area (Å²) in [6, 6.07) is 13.9. The molecule has 0 amide bonds. The van der Waals surface area contributed by atoms with E-state index in [1.165, 1.54) is 0 Å². The van der Waals surface area contributed by atoms with E-state index in [4.69, 9.17) is 0 Å². The Morgan fingerprint density at radius 2 is 1.58 bits per heavy atom. The number of fused-ring (bicyclic) bond motifs is 1. The number of hydrogen-bond acceptors (Lipinski definition) is 2. The van der Waals surface area contributed by atoms with Crippen LogP contribution < -0.4 is 0 Å². The van der Waals surface area contributed by atoms with Gasteiger partial charge in [-0.25, -0.2) is 13.8 Å². The minimum absolute atomic E-state index is 0.334. The molecule has 0 atom stereocenters. The lowest BCUT2D eigenvalue weighted by atomic mass is 10.0. The van der Waals surface area contributed by atoms with Gasteiger partial charge < -0.3 is 10.1 Å². The van der Waals surface area contributed by atoms with Crippen molar-refractivity contribution in [3.05, 3.63) is 72.6 Å². The Morgan fingerprint density at radius 3 is 2.29 bits per heavy atom. The molecule has 2 heterocycles. The maximum atomic E-state index is 13.7. The van der Waals surface area contributed by atoms with E-state index >= 15 is 0 Å². The Hall–Kier alpha value is -3.21. The lowest BCUT2D eigenvalue weighted by molar-refractivity contribution is 0.396. The Bertz CT molecular complexity index is 1020. The maximum Gasteiger partial charge on any atom is 0.187 e. The number of nitrogens with zero attached hydrogens (tertiary/aromatic N) is 1. The van der Waals surface area contributed by atoms with Gasteiger partial charge in [0, 0.05) is 28.9 Å². The number of aromatic amines is 1. The summed E-state index contributed by atoms with van der Waals surface area (Å²) in [6.07, 6.45) is 3.40. The summed E-state index contributed by atoms with van der Waals surface area (Å²) < 4.78 is 27.3. The van der Waals surface area contributed by atoms with Crippen LogP contribution in [0.15, 0.2) is 60.9 Å². The zero-order valence-electron chi connectivity index (χ0n) is 12.4. The molecular formula is C19H12F2N2O. The second kappa shape index (κ2) is 5.45. The standard InChI is InChI=1S/C19H12F2N2O/c20-16-7-12(8-17(21)18(16)24)15-10-23-19-14(15)6-13(9-22-19)11-4-2-1-3-5-11/h1-10,24H,(H,22,23). The van der Waals surface area contributed by atoms with Crippen molar-refractivity contribution in [1.82, 2.24) is 9.97 Å². The molecule has 0 bridgehead atoms. The van der Waals surface area contributed by atoms with Crippen LogP contribution in [0.2, 0.25) is 0 Å². The average molecular weight is 322 g/mol. The lowest BCUT2D eigenvalue weighted by Crippen LogP contribution is -1.86. The van der Waals surface area contributed by atoms with E-state index in [2.05, 4.69) is 9.97 Å². The molecule has 0 saturated carbocycles. The molecule has 0 saturated heterocycles. The minimum Gasteiger partial charge on any atom is -0.503 e. The SMILES string of the molecule is Oc1c(F)cc(-c2c[nH]c3ncc(-c4ccccc4)cc23)cc1F. The number of pyridine rings is 1. The van der Waals surface area contributed by atoms with Gasteiger partial charge in [0.25, 0.3) is 0 Å². The Morgan fingerprint density at radius 1 is 0.875 bits per heavy atom. The number of H-pyrrole nitrogens is 1. The molecule has 4 rings (SSSR count). The highest BCUT2D eigenvalue weighted by Crippen LogP contribution is 2.33. The second-order valence-electron chi connectivity index (χ2n) is 5.48. The first kappa shape index (κ1) is 14.4. The van der Waals surface area contributed by atoms with Crippen molar-refractivity contribution in [1.29, 1.82) is 0 Å². The molecule has 3 nitrogen and oxygen atoms in total. The van der Waals surface area contributed by atoms with E-state index in [1.54, 1.807) is 12.4 Å². The molecule has 0 aliphatic heterocycles. The first-order valence-electron chi connectivity index (χ1n) is 7.34. The Balaban J connectivity index is 1.91. The lowest BCUT2D eigenvalue weighted by Gasteiger charge is -2.05. The number of halogens is 2. The monoisotopic (exact) mass is 322 g/mol. The summed E-state index contributed by atoms with van der Waals surface area (Å²) in [5.74, 6) is -2.96. The molecule has 2 aromatic carbocycles. The van der Waals surface area contributed by atoms with Crippen LogP contribution >= 0.6 is 0 Å². The third-order valence-electron chi connectivity index (χ3n) is 3.97. The van der Waals surface area contributed by atoms with Gasteiger partial charge >= 0.3 is 0 Å². The van der Waals surface area contributed by atoms with Crippen molar-refractivity contribution in [3.8, 4) is 28.0 Å². The molecule has 2 N–H and O–H groups in total. The predicted octanol–water partition coefficient (Wildman–Crippen LogP) is 4.88. The van der Waals surface area contributed by atoms with Crippen molar-refractivity contribution in [3.63, 3.8) is 0 Å². The molecule has 0 aliphatic carbocycles. The number of nitrogens with one attached hydrogen (secondary N) is 1. The maximum absolute atomic E-state index is 13.7. The normalized spacial score (nSPS) is 11.1. The topological polar surface area (TPSA) is 48.9 Å². The second-order valence-corrected chi connectivity index (χ2v) is 5.48. The number of aromatic nitrogens is 2. The smallest absolute Gasteiger partial charge is 0.187 e. The molecule has 118 valence electrons. The van der Waals surface area contributed by atoms with Gasteiger partial charge in [0.1, 0.15) is 5.65 Å². The predicted molar refractivity (Wildman–Crippen MR) is 88.5 cm³/mol. The molecule has 24 heavy (non-hydrogen) atoms. The fraction of sp³-hybridized carbons (Fsp3) is 0. The highest BCUT2D eigenvalue weighted by Gasteiger charge is 2.14. The minimum atomic E-state index is -0.994. The Labute approximate surface area is 136 Å². The number of aromatic hydroxyl groups is 1. The van der Waals surface area contributed by atoms with E-state index in [1.807, 2.05) is 36.4 Å². The first-order chi connectivity index (χ1) is 11.6. The van der Waals surface area contributed by atoms with Crippen LogP contribution in [0.1, 0.15) is 0 Å². The molecule has 0 fully saturated rings. The van der Waals surface area contributed by atoms with Crippen molar-refractivity contribution >= 4 is 11.0 Å². The van der Waals surface area contributed by atoms with E-state index in [0.29, 0.717) is 16.8 Å². The number of phenolic OH excluding ortho intramolecular Hbond substituents is 1. The van der Waals surface area contributed by atoms with Gasteiger partial charge in [-0.1, -0.05) is 30.3 Å². The van der Waals surface area contributed by atoms with Crippen molar-refractivity contribution in [2.24, 2.45) is 0 Å². The van der Waals surface area contributed by atoms with Crippen LogP contribution in [0, 0.1) is 11.6 Å². The van der Waals surface area contributed by atoms with E-state index in [0.717, 1.165) is 28.6 Å². The highest BCUT2D eigenvalue weighted by atomic mass is 19.1. The van der Waals surface area contributed by atoms with E-state index in [9.17, 15) is 13.9 Å². The summed E-state index contributed by atoms with van der Waals surface area (Å²) in [5, 5.41) is 10.0. The molecule has 2 aromatic heterocycles. The van der Waals surface area contributed by atoms with Crippen molar-refractivity contribution < 1.29 is 13.9 Å². The van der Waals surface area contributed by atoms with Gasteiger partial charge in [0.15, 0.2) is 17.4 Å². The number of phenols is 1. The van der Waals surface area contributed by atoms with Crippen LogP contribution in [0.5, 0.6) is 5.75 Å². The molecule has 0 spiro atoms. The van der Waals surface area contributed by atoms with E-state index in [-0.39, 0.29) is 0 Å². The van der Waals surface area contributed by atoms with Crippen LogP contribution in [0.4, 0.5) is 8.78 Å². The summed E-state index contributed by atoms with van der Waals surface area (Å²) in [7, 11) is 0. The summed E-state index contributed by atoms with van der Waals surface area (Å²) in [4.78, 5) is 7.37. The highest BCUT2D eigenvalue weighted by molar-refractivity contribution is 5.95. The zero-order chi connectivity index (χ0) is 16.7. The molecule has 5 heteroatoms. The third-order valence-corrected chi connectivity index (χ3v) is 3.97. The molecule has 0 aliphatic rings.